The molecule has 173 valence electrons. The van der Waals surface area contributed by atoms with Gasteiger partial charge in [-0.3, -0.25) is 4.55 Å². The van der Waals surface area contributed by atoms with Gasteiger partial charge in [-0.2, -0.15) is 8.42 Å². The molecule has 1 aromatic rings. The number of ether oxygens (including phenoxy) is 1. The van der Waals surface area contributed by atoms with Crippen LogP contribution in [0.2, 0.25) is 0 Å². The fraction of sp³-hybridized carbons (Fsp3) is 0.217. The summed E-state index contributed by atoms with van der Waals surface area (Å²) in [5.74, 6) is -1.95. The number of hydrogen-bond acceptors (Lipinski definition) is 5. The summed E-state index contributed by atoms with van der Waals surface area (Å²) >= 11 is 0. The molecule has 0 spiro atoms. The number of carboxylic acid groups (broad SMARTS) is 1. The van der Waals surface area contributed by atoms with E-state index in [0.717, 1.165) is 11.6 Å². The maximum absolute atomic E-state index is 10.4. The van der Waals surface area contributed by atoms with Crippen molar-refractivity contribution in [1.82, 2.24) is 0 Å². The molecular weight excluding hydrogens is 459 g/mol. The standard InChI is InChI=1S/C8H8.C6H10O5S.C5H8.C4H6O2.K/c1-2-8-6-4-3-5-7-8;1-2-6(7)11-4-3-5-12(8,9)10;1-4-5(2)3;1-3(2)4(5)6;/h2-7H,1H2;2H,1,3-5H2,(H,8,9,10);4H,1-2H2,3H3;1H2,2H3,(H,5,6);. The fourth-order valence-electron chi connectivity index (χ4n) is 1.06. The van der Waals surface area contributed by atoms with Crippen LogP contribution in [0.25, 0.3) is 6.08 Å². The quantitative estimate of drug-likeness (QED) is 0.139. The molecule has 0 unspecified atom stereocenters. The molecule has 0 aliphatic rings. The molecule has 9 heteroatoms. The van der Waals surface area contributed by atoms with E-state index in [9.17, 15) is 18.0 Å². The Hall–Kier alpha value is -1.59. The average molecular weight is 492 g/mol. The minimum Gasteiger partial charge on any atom is -0.478 e. The van der Waals surface area contributed by atoms with Gasteiger partial charge in [-0.25, -0.2) is 9.59 Å². The van der Waals surface area contributed by atoms with Crippen LogP contribution in [0.3, 0.4) is 0 Å². The number of benzene rings is 1. The van der Waals surface area contributed by atoms with Gasteiger partial charge in [-0.1, -0.05) is 81.0 Å². The molecule has 1 radical (unpaired) electrons. The summed E-state index contributed by atoms with van der Waals surface area (Å²) in [5.41, 5.74) is 2.37. The summed E-state index contributed by atoms with van der Waals surface area (Å²) in [7, 11) is -3.95. The van der Waals surface area contributed by atoms with Crippen molar-refractivity contribution >= 4 is 79.5 Å². The SMILES string of the molecule is C=C(C)C(=O)O.C=CC(=C)C.C=CC(=O)OCCCS(=O)(=O)O.C=Cc1ccccc1.[K]. The predicted molar refractivity (Wildman–Crippen MR) is 132 cm³/mol. The van der Waals surface area contributed by atoms with E-state index in [1.54, 1.807) is 6.08 Å². The molecule has 0 bridgehead atoms. The largest absolute Gasteiger partial charge is 0.478 e. The van der Waals surface area contributed by atoms with Crippen molar-refractivity contribution in [1.29, 1.82) is 0 Å². The second-order valence-corrected chi connectivity index (χ2v) is 7.33. The first-order valence-electron chi connectivity index (χ1n) is 8.89. The number of hydrogen-bond donors (Lipinski definition) is 2. The number of allylic oxidation sites excluding steroid dienone is 2. The number of carbonyl (C=O) groups excluding carboxylic acids is 1. The maximum Gasteiger partial charge on any atom is 0.330 e. The third kappa shape index (κ3) is 35.8. The van der Waals surface area contributed by atoms with Crippen molar-refractivity contribution in [2.75, 3.05) is 12.4 Å². The van der Waals surface area contributed by atoms with Gasteiger partial charge in [0.05, 0.1) is 12.4 Å². The second kappa shape index (κ2) is 24.1. The number of carbonyl (C=O) groups is 2. The molecule has 0 aromatic heterocycles. The van der Waals surface area contributed by atoms with E-state index in [4.69, 9.17) is 9.66 Å². The smallest absolute Gasteiger partial charge is 0.330 e. The molecule has 32 heavy (non-hydrogen) atoms. The van der Waals surface area contributed by atoms with Gasteiger partial charge in [0.15, 0.2) is 0 Å². The van der Waals surface area contributed by atoms with Crippen LogP contribution in [0.15, 0.2) is 86.5 Å². The van der Waals surface area contributed by atoms with Crippen LogP contribution in [0.5, 0.6) is 0 Å². The van der Waals surface area contributed by atoms with Gasteiger partial charge < -0.3 is 9.84 Å². The van der Waals surface area contributed by atoms with Gasteiger partial charge in [0.2, 0.25) is 0 Å². The van der Waals surface area contributed by atoms with Crippen LogP contribution in [0.4, 0.5) is 0 Å². The fourth-order valence-corrected chi connectivity index (χ4v) is 1.54. The summed E-state index contributed by atoms with van der Waals surface area (Å²) in [6.45, 7) is 20.3. The summed E-state index contributed by atoms with van der Waals surface area (Å²) in [6, 6.07) is 10.0. The van der Waals surface area contributed by atoms with Crippen molar-refractivity contribution < 1.29 is 32.4 Å². The van der Waals surface area contributed by atoms with Crippen LogP contribution in [0.1, 0.15) is 25.8 Å². The number of rotatable bonds is 8. The third-order valence-electron chi connectivity index (χ3n) is 2.71. The van der Waals surface area contributed by atoms with E-state index in [0.29, 0.717) is 0 Å². The summed E-state index contributed by atoms with van der Waals surface area (Å²) in [5, 5.41) is 7.89. The zero-order chi connectivity index (χ0) is 24.9. The van der Waals surface area contributed by atoms with Crippen LogP contribution < -0.4 is 0 Å². The summed E-state index contributed by atoms with van der Waals surface area (Å²) < 4.78 is 33.0. The monoisotopic (exact) mass is 491 g/mol. The number of aliphatic carboxylic acids is 1. The maximum atomic E-state index is 10.4. The first kappa shape index (κ1) is 37.7. The Labute approximate surface area is 234 Å². The molecule has 2 N–H and O–H groups in total. The topological polar surface area (TPSA) is 118 Å². The van der Waals surface area contributed by atoms with Crippen LogP contribution in [-0.4, -0.2) is 93.8 Å². The van der Waals surface area contributed by atoms with Crippen LogP contribution in [0, 0.1) is 0 Å². The van der Waals surface area contributed by atoms with E-state index >= 15 is 0 Å². The first-order chi connectivity index (χ1) is 14.3. The van der Waals surface area contributed by atoms with Crippen LogP contribution >= 0.6 is 0 Å². The molecular formula is C23H32KO7S. The predicted octanol–water partition coefficient (Wildman–Crippen LogP) is 4.34. The molecule has 0 saturated heterocycles. The minimum absolute atomic E-state index is 0. The second-order valence-electron chi connectivity index (χ2n) is 5.76. The molecule has 0 heterocycles. The first-order valence-corrected chi connectivity index (χ1v) is 10.5. The van der Waals surface area contributed by atoms with E-state index in [-0.39, 0.29) is 70.0 Å². The molecule has 0 saturated carbocycles. The van der Waals surface area contributed by atoms with Gasteiger partial charge in [0.1, 0.15) is 0 Å². The van der Waals surface area contributed by atoms with Gasteiger partial charge in [0.25, 0.3) is 10.1 Å². The van der Waals surface area contributed by atoms with E-state index < -0.39 is 27.8 Å². The Bertz CT molecular complexity index is 817. The zero-order valence-electron chi connectivity index (χ0n) is 19.1. The van der Waals surface area contributed by atoms with Gasteiger partial charge >= 0.3 is 11.9 Å². The van der Waals surface area contributed by atoms with E-state index in [1.807, 2.05) is 43.3 Å². The Morgan fingerprint density at radius 3 is 1.72 bits per heavy atom. The van der Waals surface area contributed by atoms with E-state index in [1.165, 1.54) is 12.5 Å². The van der Waals surface area contributed by atoms with E-state index in [2.05, 4.69) is 37.6 Å². The van der Waals surface area contributed by atoms with Gasteiger partial charge in [-0.15, -0.1) is 0 Å². The Morgan fingerprint density at radius 1 is 1.03 bits per heavy atom. The van der Waals surface area contributed by atoms with Crippen molar-refractivity contribution in [3.8, 4) is 0 Å². The molecule has 1 aromatic carbocycles. The van der Waals surface area contributed by atoms with Crippen molar-refractivity contribution in [2.24, 2.45) is 0 Å². The minimum atomic E-state index is -3.95. The zero-order valence-corrected chi connectivity index (χ0v) is 23.1. The molecule has 1 rings (SSSR count). The Morgan fingerprint density at radius 2 is 1.47 bits per heavy atom. The number of esters is 1. The normalized spacial score (nSPS) is 8.59. The summed E-state index contributed by atoms with van der Waals surface area (Å²) in [4.78, 5) is 20.0. The molecule has 0 amide bonds. The third-order valence-corrected chi connectivity index (χ3v) is 3.51. The molecule has 0 aliphatic heterocycles. The Kier molecular flexibility index (Phi) is 28.3. The molecule has 7 nitrogen and oxygen atoms in total. The average Bonchev–Trinajstić information content (AvgIpc) is 2.72. The van der Waals surface area contributed by atoms with Crippen molar-refractivity contribution in [2.45, 2.75) is 20.3 Å². The molecule has 0 fully saturated rings. The molecule has 0 aliphatic carbocycles. The van der Waals surface area contributed by atoms with Crippen molar-refractivity contribution in [3.05, 3.63) is 92.1 Å². The molecule has 0 atom stereocenters. The number of carboxylic acids is 1. The van der Waals surface area contributed by atoms with Crippen molar-refractivity contribution in [3.63, 3.8) is 0 Å². The van der Waals surface area contributed by atoms with Gasteiger partial charge in [-0.05, 0) is 25.8 Å². The van der Waals surface area contributed by atoms with Gasteiger partial charge in [0, 0.05) is 63.0 Å². The van der Waals surface area contributed by atoms with Crippen LogP contribution in [-0.2, 0) is 24.4 Å². The summed E-state index contributed by atoms with van der Waals surface area (Å²) in [6.07, 6.45) is 4.62. The Balaban J connectivity index is -0.000000171.